The standard InChI is InChI=1S/C9H15NS/c1-2-3-4-5-6-7-9(11)8-10/h2-7H2,1H3. The van der Waals surface area contributed by atoms with Gasteiger partial charge in [0.05, 0.1) is 4.86 Å². The highest BCUT2D eigenvalue weighted by Crippen LogP contribution is 2.05. The van der Waals surface area contributed by atoms with Gasteiger partial charge in [0.2, 0.25) is 0 Å². The Hall–Kier alpha value is -0.420. The predicted molar refractivity (Wildman–Crippen MR) is 51.6 cm³/mol. The van der Waals surface area contributed by atoms with E-state index in [0.29, 0.717) is 4.86 Å². The first-order chi connectivity index (χ1) is 5.31. The van der Waals surface area contributed by atoms with E-state index in [-0.39, 0.29) is 0 Å². The van der Waals surface area contributed by atoms with E-state index >= 15 is 0 Å². The minimum absolute atomic E-state index is 0.557. The molecule has 0 N–H and O–H groups in total. The van der Waals surface area contributed by atoms with E-state index in [4.69, 9.17) is 17.5 Å². The zero-order chi connectivity index (χ0) is 8.53. The zero-order valence-corrected chi connectivity index (χ0v) is 7.91. The van der Waals surface area contributed by atoms with Crippen molar-refractivity contribution >= 4 is 17.1 Å². The summed E-state index contributed by atoms with van der Waals surface area (Å²) in [6, 6.07) is 1.99. The Labute approximate surface area is 74.4 Å². The van der Waals surface area contributed by atoms with Crippen LogP contribution in [0.15, 0.2) is 0 Å². The molecule has 2 heteroatoms. The number of rotatable bonds is 6. The fourth-order valence-electron chi connectivity index (χ4n) is 0.945. The summed E-state index contributed by atoms with van der Waals surface area (Å²) in [5.74, 6) is 0. The molecule has 0 atom stereocenters. The number of thiocarbonyl (C=S) groups is 1. The molecule has 0 spiro atoms. The van der Waals surface area contributed by atoms with Crippen LogP contribution in [0, 0.1) is 11.3 Å². The maximum Gasteiger partial charge on any atom is 0.106 e. The third kappa shape index (κ3) is 7.48. The van der Waals surface area contributed by atoms with E-state index in [1.165, 1.54) is 25.7 Å². The average molecular weight is 169 g/mol. The number of unbranched alkanes of at least 4 members (excludes halogenated alkanes) is 4. The Morgan fingerprint density at radius 1 is 1.27 bits per heavy atom. The molecule has 0 bridgehead atoms. The molecule has 0 aromatic carbocycles. The molecule has 0 saturated carbocycles. The third-order valence-electron chi connectivity index (χ3n) is 1.63. The zero-order valence-electron chi connectivity index (χ0n) is 7.10. The van der Waals surface area contributed by atoms with Crippen LogP contribution in [0.25, 0.3) is 0 Å². The summed E-state index contributed by atoms with van der Waals surface area (Å²) in [5.41, 5.74) is 0. The van der Waals surface area contributed by atoms with E-state index < -0.39 is 0 Å². The van der Waals surface area contributed by atoms with Crippen molar-refractivity contribution in [3.8, 4) is 6.07 Å². The lowest BCUT2D eigenvalue weighted by Gasteiger charge is -1.96. The molecule has 0 aromatic heterocycles. The summed E-state index contributed by atoms with van der Waals surface area (Å²) in [7, 11) is 0. The fourth-order valence-corrected chi connectivity index (χ4v) is 1.09. The molecule has 0 saturated heterocycles. The highest BCUT2D eigenvalue weighted by molar-refractivity contribution is 7.80. The van der Waals surface area contributed by atoms with Crippen molar-refractivity contribution < 1.29 is 0 Å². The van der Waals surface area contributed by atoms with Gasteiger partial charge in [0.1, 0.15) is 6.07 Å². The van der Waals surface area contributed by atoms with E-state index in [9.17, 15) is 0 Å². The molecular weight excluding hydrogens is 154 g/mol. The Bertz CT molecular complexity index is 146. The largest absolute Gasteiger partial charge is 0.192 e. The summed E-state index contributed by atoms with van der Waals surface area (Å²) in [5, 5.41) is 8.35. The van der Waals surface area contributed by atoms with Crippen molar-refractivity contribution in [3.05, 3.63) is 0 Å². The molecule has 0 unspecified atom stereocenters. The Kier molecular flexibility index (Phi) is 7.39. The Morgan fingerprint density at radius 2 is 1.91 bits per heavy atom. The van der Waals surface area contributed by atoms with Gasteiger partial charge in [-0.15, -0.1) is 0 Å². The van der Waals surface area contributed by atoms with Gasteiger partial charge in [-0.1, -0.05) is 44.8 Å². The number of hydrogen-bond acceptors (Lipinski definition) is 2. The summed E-state index contributed by atoms with van der Waals surface area (Å²) < 4.78 is 0. The van der Waals surface area contributed by atoms with Crippen LogP contribution < -0.4 is 0 Å². The van der Waals surface area contributed by atoms with Crippen LogP contribution >= 0.6 is 12.2 Å². The molecule has 0 rings (SSSR count). The quantitative estimate of drug-likeness (QED) is 0.450. The number of hydrogen-bond donors (Lipinski definition) is 0. The van der Waals surface area contributed by atoms with Crippen molar-refractivity contribution in [1.82, 2.24) is 0 Å². The van der Waals surface area contributed by atoms with Gasteiger partial charge in [-0.25, -0.2) is 0 Å². The van der Waals surface area contributed by atoms with Crippen LogP contribution in [0.2, 0.25) is 0 Å². The lowest BCUT2D eigenvalue weighted by molar-refractivity contribution is 0.645. The highest BCUT2D eigenvalue weighted by Gasteiger charge is 1.93. The predicted octanol–water partition coefficient (Wildman–Crippen LogP) is 3.24. The van der Waals surface area contributed by atoms with Gasteiger partial charge in [-0.2, -0.15) is 5.26 Å². The molecule has 0 amide bonds. The van der Waals surface area contributed by atoms with Crippen molar-refractivity contribution in [3.63, 3.8) is 0 Å². The van der Waals surface area contributed by atoms with Crippen LogP contribution in [0.1, 0.15) is 45.4 Å². The molecule has 11 heavy (non-hydrogen) atoms. The van der Waals surface area contributed by atoms with Gasteiger partial charge in [0.25, 0.3) is 0 Å². The smallest absolute Gasteiger partial charge is 0.106 e. The van der Waals surface area contributed by atoms with Crippen molar-refractivity contribution in [2.45, 2.75) is 45.4 Å². The third-order valence-corrected chi connectivity index (χ3v) is 1.93. The highest BCUT2D eigenvalue weighted by atomic mass is 32.1. The van der Waals surface area contributed by atoms with E-state index in [1.54, 1.807) is 0 Å². The maximum atomic E-state index is 8.35. The number of nitrogens with zero attached hydrogens (tertiary/aromatic N) is 1. The molecular formula is C9H15NS. The van der Waals surface area contributed by atoms with Crippen molar-refractivity contribution in [2.24, 2.45) is 0 Å². The fraction of sp³-hybridized carbons (Fsp3) is 0.778. The Balaban J connectivity index is 3.03. The van der Waals surface area contributed by atoms with E-state index in [1.807, 2.05) is 6.07 Å². The molecule has 0 heterocycles. The minimum Gasteiger partial charge on any atom is -0.192 e. The van der Waals surface area contributed by atoms with Crippen LogP contribution in [0.3, 0.4) is 0 Å². The Morgan fingerprint density at radius 3 is 2.45 bits per heavy atom. The summed E-state index contributed by atoms with van der Waals surface area (Å²) in [6.45, 7) is 2.19. The summed E-state index contributed by atoms with van der Waals surface area (Å²) >= 11 is 4.77. The normalized spacial score (nSPS) is 9.09. The van der Waals surface area contributed by atoms with Gasteiger partial charge >= 0.3 is 0 Å². The van der Waals surface area contributed by atoms with Crippen LogP contribution in [0.4, 0.5) is 0 Å². The minimum atomic E-state index is 0.557. The van der Waals surface area contributed by atoms with Crippen molar-refractivity contribution in [1.29, 1.82) is 5.26 Å². The second kappa shape index (κ2) is 7.68. The average Bonchev–Trinajstić information content (AvgIpc) is 2.04. The number of nitriles is 1. The first-order valence-corrected chi connectivity index (χ1v) is 4.65. The maximum absolute atomic E-state index is 8.35. The topological polar surface area (TPSA) is 23.8 Å². The second-order valence-electron chi connectivity index (χ2n) is 2.70. The summed E-state index contributed by atoms with van der Waals surface area (Å²) in [6.07, 6.45) is 6.98. The molecule has 0 fully saturated rings. The molecule has 62 valence electrons. The molecule has 1 nitrogen and oxygen atoms in total. The van der Waals surface area contributed by atoms with E-state index in [2.05, 4.69) is 6.92 Å². The monoisotopic (exact) mass is 169 g/mol. The van der Waals surface area contributed by atoms with Gasteiger partial charge in [-0.3, -0.25) is 0 Å². The van der Waals surface area contributed by atoms with Gasteiger partial charge < -0.3 is 0 Å². The van der Waals surface area contributed by atoms with Crippen LogP contribution in [-0.4, -0.2) is 4.86 Å². The van der Waals surface area contributed by atoms with Gasteiger partial charge in [-0.05, 0) is 12.8 Å². The molecule has 0 aliphatic carbocycles. The first-order valence-electron chi connectivity index (χ1n) is 4.24. The molecule has 0 aromatic rings. The van der Waals surface area contributed by atoms with Crippen LogP contribution in [-0.2, 0) is 0 Å². The molecule has 0 radical (unpaired) electrons. The van der Waals surface area contributed by atoms with Gasteiger partial charge in [0.15, 0.2) is 0 Å². The lowest BCUT2D eigenvalue weighted by atomic mass is 10.1. The van der Waals surface area contributed by atoms with Gasteiger partial charge in [0, 0.05) is 0 Å². The summed E-state index contributed by atoms with van der Waals surface area (Å²) in [4.78, 5) is 0.557. The lowest BCUT2D eigenvalue weighted by Crippen LogP contribution is -1.88. The molecule has 0 aliphatic heterocycles. The SMILES string of the molecule is CCCCCCCC(=S)C#N. The molecule has 0 aliphatic rings. The van der Waals surface area contributed by atoms with E-state index in [0.717, 1.165) is 12.8 Å². The van der Waals surface area contributed by atoms with Crippen LogP contribution in [0.5, 0.6) is 0 Å². The van der Waals surface area contributed by atoms with Crippen molar-refractivity contribution in [2.75, 3.05) is 0 Å². The first kappa shape index (κ1) is 10.6. The second-order valence-corrected chi connectivity index (χ2v) is 3.19.